The molecule has 0 aliphatic rings. The van der Waals surface area contributed by atoms with E-state index in [2.05, 4.69) is 9.88 Å². The van der Waals surface area contributed by atoms with Gasteiger partial charge in [0.2, 0.25) is 0 Å². The summed E-state index contributed by atoms with van der Waals surface area (Å²) < 4.78 is 5.44. The Balaban J connectivity index is 2.16. The molecule has 0 radical (unpaired) electrons. The molecule has 1 aromatic heterocycles. The Hall–Kier alpha value is -2.75. The highest BCUT2D eigenvalue weighted by molar-refractivity contribution is 5.95. The molecule has 0 atom stereocenters. The van der Waals surface area contributed by atoms with Gasteiger partial charge in [-0.1, -0.05) is 12.1 Å². The molecule has 3 rings (SSSR count). The lowest BCUT2D eigenvalue weighted by Gasteiger charge is -2.23. The minimum atomic E-state index is 0.715. The molecular weight excluding hydrogens is 262 g/mol. The molecule has 0 unspecified atom stereocenters. The molecule has 0 bridgehead atoms. The van der Waals surface area contributed by atoms with E-state index < -0.39 is 0 Å². The molecule has 4 heteroatoms. The molecule has 0 amide bonds. The Morgan fingerprint density at radius 2 is 1.86 bits per heavy atom. The van der Waals surface area contributed by atoms with Gasteiger partial charge in [-0.25, -0.2) is 0 Å². The van der Waals surface area contributed by atoms with Crippen LogP contribution in [0.15, 0.2) is 54.7 Å². The minimum absolute atomic E-state index is 0.715. The first-order chi connectivity index (χ1) is 10.2. The monoisotopic (exact) mass is 279 g/mol. The third kappa shape index (κ3) is 2.36. The number of aromatic nitrogens is 1. The highest BCUT2D eigenvalue weighted by atomic mass is 16.5. The quantitative estimate of drug-likeness (QED) is 0.744. The first-order valence-electron chi connectivity index (χ1n) is 6.71. The minimum Gasteiger partial charge on any atom is -0.495 e. The SMILES string of the molecule is COc1ccccc1N(C)c1ccnc2cc(N)ccc12. The van der Waals surface area contributed by atoms with Crippen LogP contribution in [0.5, 0.6) is 5.75 Å². The van der Waals surface area contributed by atoms with Crippen LogP contribution in [-0.4, -0.2) is 19.1 Å². The number of methoxy groups -OCH3 is 1. The number of nitrogens with two attached hydrogens (primary N) is 1. The van der Waals surface area contributed by atoms with Crippen LogP contribution in [0.3, 0.4) is 0 Å². The summed E-state index contributed by atoms with van der Waals surface area (Å²) in [6.07, 6.45) is 1.79. The van der Waals surface area contributed by atoms with E-state index >= 15 is 0 Å². The van der Waals surface area contributed by atoms with Crippen molar-refractivity contribution in [3.05, 3.63) is 54.7 Å². The number of hydrogen-bond acceptors (Lipinski definition) is 4. The number of nitrogens with zero attached hydrogens (tertiary/aromatic N) is 2. The van der Waals surface area contributed by atoms with Crippen molar-refractivity contribution in [2.24, 2.45) is 0 Å². The Kier molecular flexibility index (Phi) is 3.36. The summed E-state index contributed by atoms with van der Waals surface area (Å²) >= 11 is 0. The van der Waals surface area contributed by atoms with Crippen molar-refractivity contribution in [2.75, 3.05) is 24.8 Å². The van der Waals surface area contributed by atoms with Crippen molar-refractivity contribution in [2.45, 2.75) is 0 Å². The number of benzene rings is 2. The van der Waals surface area contributed by atoms with Crippen molar-refractivity contribution < 1.29 is 4.74 Å². The van der Waals surface area contributed by atoms with Gasteiger partial charge in [0.1, 0.15) is 5.75 Å². The lowest BCUT2D eigenvalue weighted by atomic mass is 10.1. The molecule has 106 valence electrons. The van der Waals surface area contributed by atoms with Gasteiger partial charge in [0.15, 0.2) is 0 Å². The lowest BCUT2D eigenvalue weighted by Crippen LogP contribution is -2.11. The van der Waals surface area contributed by atoms with Crippen LogP contribution < -0.4 is 15.4 Å². The van der Waals surface area contributed by atoms with Crippen molar-refractivity contribution in [3.8, 4) is 5.75 Å². The topological polar surface area (TPSA) is 51.4 Å². The van der Waals surface area contributed by atoms with E-state index in [1.165, 1.54) is 0 Å². The largest absolute Gasteiger partial charge is 0.495 e. The van der Waals surface area contributed by atoms with Gasteiger partial charge >= 0.3 is 0 Å². The van der Waals surface area contributed by atoms with Crippen LogP contribution in [0.4, 0.5) is 17.1 Å². The lowest BCUT2D eigenvalue weighted by molar-refractivity contribution is 0.415. The number of para-hydroxylation sites is 2. The maximum atomic E-state index is 5.83. The second-order valence-corrected chi connectivity index (χ2v) is 4.84. The number of hydrogen-bond donors (Lipinski definition) is 1. The standard InChI is InChI=1S/C17H17N3O/c1-20(16-5-3-4-6-17(16)21-2)15-9-10-19-14-11-12(18)7-8-13(14)15/h3-11H,18H2,1-2H3. The summed E-state index contributed by atoms with van der Waals surface area (Å²) in [4.78, 5) is 6.48. The fraction of sp³-hybridized carbons (Fsp3) is 0.118. The van der Waals surface area contributed by atoms with Crippen molar-refractivity contribution in [1.29, 1.82) is 0 Å². The molecule has 1 heterocycles. The summed E-state index contributed by atoms with van der Waals surface area (Å²) in [5.41, 5.74) is 9.50. The third-order valence-corrected chi connectivity index (χ3v) is 3.55. The molecule has 4 nitrogen and oxygen atoms in total. The molecule has 21 heavy (non-hydrogen) atoms. The van der Waals surface area contributed by atoms with Gasteiger partial charge in [-0.15, -0.1) is 0 Å². The van der Waals surface area contributed by atoms with Crippen molar-refractivity contribution in [1.82, 2.24) is 4.98 Å². The zero-order chi connectivity index (χ0) is 14.8. The van der Waals surface area contributed by atoms with Crippen molar-refractivity contribution >= 4 is 28.0 Å². The van der Waals surface area contributed by atoms with E-state index in [1.54, 1.807) is 13.3 Å². The second-order valence-electron chi connectivity index (χ2n) is 4.84. The summed E-state index contributed by atoms with van der Waals surface area (Å²) in [5.74, 6) is 0.834. The number of anilines is 3. The first kappa shape index (κ1) is 13.2. The summed E-state index contributed by atoms with van der Waals surface area (Å²) in [6.45, 7) is 0. The molecule has 2 aromatic carbocycles. The van der Waals surface area contributed by atoms with Gasteiger partial charge in [-0.05, 0) is 36.4 Å². The molecule has 2 N–H and O–H groups in total. The van der Waals surface area contributed by atoms with Crippen LogP contribution in [-0.2, 0) is 0 Å². The molecule has 0 aliphatic heterocycles. The highest BCUT2D eigenvalue weighted by Gasteiger charge is 2.12. The van der Waals surface area contributed by atoms with Crippen LogP contribution >= 0.6 is 0 Å². The highest BCUT2D eigenvalue weighted by Crippen LogP contribution is 2.35. The average Bonchev–Trinajstić information content (AvgIpc) is 2.53. The molecule has 0 saturated carbocycles. The van der Waals surface area contributed by atoms with Crippen LogP contribution in [0, 0.1) is 0 Å². The van der Waals surface area contributed by atoms with Gasteiger partial charge in [-0.3, -0.25) is 4.98 Å². The normalized spacial score (nSPS) is 10.6. The van der Waals surface area contributed by atoms with Gasteiger partial charge in [-0.2, -0.15) is 0 Å². The van der Waals surface area contributed by atoms with E-state index in [1.807, 2.05) is 55.6 Å². The Morgan fingerprint density at radius 1 is 1.05 bits per heavy atom. The second kappa shape index (κ2) is 5.32. The van der Waals surface area contributed by atoms with Crippen LogP contribution in [0.25, 0.3) is 10.9 Å². The number of ether oxygens (including phenoxy) is 1. The van der Waals surface area contributed by atoms with Gasteiger partial charge in [0.05, 0.1) is 24.0 Å². The zero-order valence-electron chi connectivity index (χ0n) is 12.1. The maximum Gasteiger partial charge on any atom is 0.142 e. The Bertz CT molecular complexity index is 786. The summed E-state index contributed by atoms with van der Waals surface area (Å²) in [5, 5.41) is 1.06. The molecule has 0 saturated heterocycles. The van der Waals surface area contributed by atoms with E-state index in [9.17, 15) is 0 Å². The van der Waals surface area contributed by atoms with Gasteiger partial charge < -0.3 is 15.4 Å². The summed E-state index contributed by atoms with van der Waals surface area (Å²) in [6, 6.07) is 15.7. The third-order valence-electron chi connectivity index (χ3n) is 3.55. The average molecular weight is 279 g/mol. The molecule has 3 aromatic rings. The Labute approximate surface area is 123 Å². The molecule has 0 aliphatic carbocycles. The van der Waals surface area contributed by atoms with E-state index in [-0.39, 0.29) is 0 Å². The summed E-state index contributed by atoms with van der Waals surface area (Å²) in [7, 11) is 3.70. The zero-order valence-corrected chi connectivity index (χ0v) is 12.1. The van der Waals surface area contributed by atoms with Crippen LogP contribution in [0.2, 0.25) is 0 Å². The number of rotatable bonds is 3. The predicted molar refractivity (Wildman–Crippen MR) is 87.2 cm³/mol. The van der Waals surface area contributed by atoms with Gasteiger partial charge in [0, 0.05) is 24.3 Å². The van der Waals surface area contributed by atoms with Crippen molar-refractivity contribution in [3.63, 3.8) is 0 Å². The Morgan fingerprint density at radius 3 is 2.67 bits per heavy atom. The van der Waals surface area contributed by atoms with E-state index in [0.717, 1.165) is 28.0 Å². The number of nitrogen functional groups attached to an aromatic ring is 1. The maximum absolute atomic E-state index is 5.83. The van der Waals surface area contributed by atoms with E-state index in [0.29, 0.717) is 5.69 Å². The molecule has 0 spiro atoms. The van der Waals surface area contributed by atoms with Crippen LogP contribution in [0.1, 0.15) is 0 Å². The smallest absolute Gasteiger partial charge is 0.142 e. The molecular formula is C17H17N3O. The number of fused-ring (bicyclic) bond motifs is 1. The predicted octanol–water partition coefficient (Wildman–Crippen LogP) is 3.59. The fourth-order valence-corrected chi connectivity index (χ4v) is 2.48. The molecule has 0 fully saturated rings. The number of pyridine rings is 1. The first-order valence-corrected chi connectivity index (χ1v) is 6.71. The van der Waals surface area contributed by atoms with E-state index in [4.69, 9.17) is 10.5 Å². The fourth-order valence-electron chi connectivity index (χ4n) is 2.48. The van der Waals surface area contributed by atoms with Gasteiger partial charge in [0.25, 0.3) is 0 Å².